The van der Waals surface area contributed by atoms with Gasteiger partial charge in [-0.2, -0.15) is 0 Å². The normalized spacial score (nSPS) is 13.5. The van der Waals surface area contributed by atoms with Crippen LogP contribution in [0.3, 0.4) is 0 Å². The van der Waals surface area contributed by atoms with E-state index in [1.54, 1.807) is 14.1 Å². The summed E-state index contributed by atoms with van der Waals surface area (Å²) in [7, 11) is 3.44. The zero-order valence-electron chi connectivity index (χ0n) is 9.29. The third-order valence-corrected chi connectivity index (χ3v) is 2.36. The van der Waals surface area contributed by atoms with Crippen LogP contribution in [0.25, 0.3) is 0 Å². The molecule has 0 atom stereocenters. The smallest absolute Gasteiger partial charge is 0.0813 e. The number of nitrogens with zero attached hydrogens (tertiary/aromatic N) is 1. The molecule has 0 spiro atoms. The maximum absolute atomic E-state index is 11.5. The van der Waals surface area contributed by atoms with Gasteiger partial charge in [-0.25, -0.2) is 0 Å². The maximum Gasteiger partial charge on any atom is 0.0813 e. The quantitative estimate of drug-likeness (QED) is 0.473. The lowest BCUT2D eigenvalue weighted by Gasteiger charge is -2.39. The third-order valence-electron chi connectivity index (χ3n) is 2.36. The first-order valence-corrected chi connectivity index (χ1v) is 4.78. The summed E-state index contributed by atoms with van der Waals surface area (Å²) in [6.07, 6.45) is 0. The van der Waals surface area contributed by atoms with E-state index >= 15 is 0 Å². The van der Waals surface area contributed by atoms with Gasteiger partial charge in [0, 0.05) is 5.92 Å². The molecule has 0 aliphatic rings. The zero-order valence-corrected chi connectivity index (χ0v) is 9.29. The van der Waals surface area contributed by atoms with Gasteiger partial charge in [0.1, 0.15) is 0 Å². The number of hydroxylamine groups is 3. The van der Waals surface area contributed by atoms with E-state index in [0.29, 0.717) is 17.8 Å². The SMILES string of the molecule is CC(C)C(C[N+](C)(C)[O-])C(C)C. The van der Waals surface area contributed by atoms with Crippen LogP contribution in [-0.4, -0.2) is 25.3 Å². The molecule has 0 aliphatic carbocycles. The van der Waals surface area contributed by atoms with Crippen LogP contribution >= 0.6 is 0 Å². The van der Waals surface area contributed by atoms with Crippen molar-refractivity contribution in [1.29, 1.82) is 0 Å². The lowest BCUT2D eigenvalue weighted by atomic mass is 9.85. The summed E-state index contributed by atoms with van der Waals surface area (Å²) in [5.41, 5.74) is 0. The van der Waals surface area contributed by atoms with Crippen LogP contribution < -0.4 is 0 Å². The summed E-state index contributed by atoms with van der Waals surface area (Å²) < 4.78 is -0.166. The van der Waals surface area contributed by atoms with E-state index in [4.69, 9.17) is 0 Å². The van der Waals surface area contributed by atoms with Crippen molar-refractivity contribution in [3.8, 4) is 0 Å². The van der Waals surface area contributed by atoms with Crippen LogP contribution in [0.2, 0.25) is 0 Å². The van der Waals surface area contributed by atoms with Crippen molar-refractivity contribution in [1.82, 2.24) is 0 Å². The molecule has 0 bridgehead atoms. The van der Waals surface area contributed by atoms with Gasteiger partial charge in [0.2, 0.25) is 0 Å². The highest BCUT2D eigenvalue weighted by molar-refractivity contribution is 4.66. The fraction of sp³-hybridized carbons (Fsp3) is 1.00. The first-order valence-electron chi connectivity index (χ1n) is 4.78. The second kappa shape index (κ2) is 4.24. The molecule has 0 aromatic carbocycles. The van der Waals surface area contributed by atoms with Gasteiger partial charge in [0.05, 0.1) is 20.6 Å². The molecule has 0 saturated heterocycles. The van der Waals surface area contributed by atoms with E-state index < -0.39 is 0 Å². The van der Waals surface area contributed by atoms with Gasteiger partial charge >= 0.3 is 0 Å². The third kappa shape index (κ3) is 4.73. The van der Waals surface area contributed by atoms with E-state index in [0.717, 1.165) is 6.54 Å². The number of hydrogen-bond acceptors (Lipinski definition) is 1. The average molecular weight is 173 g/mol. The maximum atomic E-state index is 11.5. The first-order chi connectivity index (χ1) is 5.24. The summed E-state index contributed by atoms with van der Waals surface area (Å²) in [6.45, 7) is 9.51. The van der Waals surface area contributed by atoms with Crippen molar-refractivity contribution in [3.05, 3.63) is 5.21 Å². The van der Waals surface area contributed by atoms with E-state index in [2.05, 4.69) is 27.7 Å². The monoisotopic (exact) mass is 173 g/mol. The lowest BCUT2D eigenvalue weighted by molar-refractivity contribution is -0.844. The lowest BCUT2D eigenvalue weighted by Crippen LogP contribution is -2.40. The molecule has 0 heterocycles. The molecule has 74 valence electrons. The van der Waals surface area contributed by atoms with Gasteiger partial charge < -0.3 is 9.85 Å². The molecule has 0 aromatic rings. The first kappa shape index (κ1) is 11.9. The summed E-state index contributed by atoms with van der Waals surface area (Å²) in [5, 5.41) is 11.5. The molecule has 12 heavy (non-hydrogen) atoms. The predicted molar refractivity (Wildman–Crippen MR) is 53.5 cm³/mol. The highest BCUT2D eigenvalue weighted by Gasteiger charge is 2.22. The molecule has 0 amide bonds. The minimum atomic E-state index is -0.166. The van der Waals surface area contributed by atoms with E-state index in [1.807, 2.05) is 0 Å². The Morgan fingerprint density at radius 1 is 1.00 bits per heavy atom. The van der Waals surface area contributed by atoms with Crippen LogP contribution in [0.1, 0.15) is 27.7 Å². The van der Waals surface area contributed by atoms with E-state index in [9.17, 15) is 5.21 Å². The number of rotatable bonds is 4. The number of quaternary nitrogens is 1. The fourth-order valence-corrected chi connectivity index (χ4v) is 1.70. The highest BCUT2D eigenvalue weighted by atomic mass is 16.5. The predicted octanol–water partition coefficient (Wildman–Crippen LogP) is 2.49. The summed E-state index contributed by atoms with van der Waals surface area (Å²) >= 11 is 0. The summed E-state index contributed by atoms with van der Waals surface area (Å²) in [4.78, 5) is 0. The zero-order chi connectivity index (χ0) is 9.94. The Labute approximate surface area is 76.7 Å². The summed E-state index contributed by atoms with van der Waals surface area (Å²) in [5.74, 6) is 1.75. The van der Waals surface area contributed by atoms with Crippen molar-refractivity contribution in [2.24, 2.45) is 17.8 Å². The molecule has 0 unspecified atom stereocenters. The largest absolute Gasteiger partial charge is 0.633 e. The Balaban J connectivity index is 4.15. The Morgan fingerprint density at radius 2 is 1.33 bits per heavy atom. The Bertz CT molecular complexity index is 116. The molecule has 0 saturated carbocycles. The molecule has 2 nitrogen and oxygen atoms in total. The van der Waals surface area contributed by atoms with Crippen molar-refractivity contribution in [3.63, 3.8) is 0 Å². The molecule has 0 rings (SSSR count). The van der Waals surface area contributed by atoms with Crippen LogP contribution in [-0.2, 0) is 0 Å². The fourth-order valence-electron chi connectivity index (χ4n) is 1.70. The van der Waals surface area contributed by atoms with Gasteiger partial charge in [-0.3, -0.25) is 0 Å². The van der Waals surface area contributed by atoms with Crippen molar-refractivity contribution < 1.29 is 4.65 Å². The summed E-state index contributed by atoms with van der Waals surface area (Å²) in [6, 6.07) is 0. The molecule has 0 aliphatic heterocycles. The number of hydrogen-bond donors (Lipinski definition) is 0. The Morgan fingerprint density at radius 3 is 1.42 bits per heavy atom. The van der Waals surface area contributed by atoms with Gasteiger partial charge in [0.25, 0.3) is 0 Å². The topological polar surface area (TPSA) is 23.1 Å². The minimum Gasteiger partial charge on any atom is -0.633 e. The molecule has 0 aromatic heterocycles. The standard InChI is InChI=1S/C10H23NO/c1-8(2)10(9(3)4)7-11(5,6)12/h8-10H,7H2,1-6H3. The molecule has 0 radical (unpaired) electrons. The van der Waals surface area contributed by atoms with Gasteiger partial charge in [-0.05, 0) is 11.8 Å². The van der Waals surface area contributed by atoms with Crippen molar-refractivity contribution in [2.75, 3.05) is 20.6 Å². The van der Waals surface area contributed by atoms with Crippen molar-refractivity contribution >= 4 is 0 Å². The molecule has 0 N–H and O–H groups in total. The van der Waals surface area contributed by atoms with E-state index in [1.165, 1.54) is 0 Å². The Hall–Kier alpha value is -0.0800. The van der Waals surface area contributed by atoms with Crippen molar-refractivity contribution in [2.45, 2.75) is 27.7 Å². The van der Waals surface area contributed by atoms with E-state index in [-0.39, 0.29) is 4.65 Å². The van der Waals surface area contributed by atoms with Crippen LogP contribution in [0, 0.1) is 23.0 Å². The molecule has 2 heteroatoms. The molecule has 0 fully saturated rings. The molecular weight excluding hydrogens is 150 g/mol. The van der Waals surface area contributed by atoms with Crippen LogP contribution in [0.5, 0.6) is 0 Å². The minimum absolute atomic E-state index is 0.166. The van der Waals surface area contributed by atoms with Crippen LogP contribution in [0.4, 0.5) is 0 Å². The van der Waals surface area contributed by atoms with Gasteiger partial charge in [-0.15, -0.1) is 0 Å². The average Bonchev–Trinajstić information content (AvgIpc) is 1.79. The second-order valence-electron chi connectivity index (χ2n) is 4.91. The van der Waals surface area contributed by atoms with Gasteiger partial charge in [-0.1, -0.05) is 27.7 Å². The highest BCUT2D eigenvalue weighted by Crippen LogP contribution is 2.22. The second-order valence-corrected chi connectivity index (χ2v) is 4.91. The molecular formula is C10H23NO. The Kier molecular flexibility index (Phi) is 4.21. The van der Waals surface area contributed by atoms with Gasteiger partial charge in [0.15, 0.2) is 0 Å². The van der Waals surface area contributed by atoms with Crippen LogP contribution in [0.15, 0.2) is 0 Å².